The summed E-state index contributed by atoms with van der Waals surface area (Å²) in [5.74, 6) is 0.325. The number of rotatable bonds is 8. The molecule has 0 fully saturated rings. The highest BCUT2D eigenvalue weighted by atomic mass is 32.1. The molecule has 0 radical (unpaired) electrons. The van der Waals surface area contributed by atoms with Crippen LogP contribution in [-0.4, -0.2) is 25.7 Å². The van der Waals surface area contributed by atoms with Crippen LogP contribution in [0.5, 0.6) is 0 Å². The lowest BCUT2D eigenvalue weighted by Gasteiger charge is -2.16. The van der Waals surface area contributed by atoms with Gasteiger partial charge >= 0.3 is 0 Å². The maximum absolute atomic E-state index is 8.66. The third-order valence-electron chi connectivity index (χ3n) is 5.11. The summed E-state index contributed by atoms with van der Waals surface area (Å²) >= 11 is 4.54. The van der Waals surface area contributed by atoms with E-state index in [2.05, 4.69) is 61.8 Å². The summed E-state index contributed by atoms with van der Waals surface area (Å²) in [6.45, 7) is 27.1. The van der Waals surface area contributed by atoms with Gasteiger partial charge in [-0.25, -0.2) is 4.98 Å². The molecule has 0 spiro atoms. The molecular formula is C34H53N3OS. The van der Waals surface area contributed by atoms with Gasteiger partial charge in [0, 0.05) is 12.6 Å². The van der Waals surface area contributed by atoms with Crippen LogP contribution in [0.4, 0.5) is 0 Å². The lowest BCUT2D eigenvalue weighted by Crippen LogP contribution is -2.07. The molecule has 0 amide bonds. The molecule has 0 aliphatic carbocycles. The van der Waals surface area contributed by atoms with Crippen LogP contribution >= 0.6 is 12.2 Å². The molecule has 3 rings (SSSR count). The molecule has 4 nitrogen and oxygen atoms in total. The highest BCUT2D eigenvalue weighted by Crippen LogP contribution is 2.25. The summed E-state index contributed by atoms with van der Waals surface area (Å²) in [5, 5.41) is 8.66. The molecule has 2 aromatic rings. The summed E-state index contributed by atoms with van der Waals surface area (Å²) in [6, 6.07) is 7.99. The van der Waals surface area contributed by atoms with Crippen LogP contribution < -0.4 is 0 Å². The smallest absolute Gasteiger partial charge is 0.0961 e. The molecule has 0 aromatic carbocycles. The Labute approximate surface area is 244 Å². The number of hydrogen-bond donors (Lipinski definition) is 1. The van der Waals surface area contributed by atoms with Crippen molar-refractivity contribution in [1.29, 1.82) is 0 Å². The van der Waals surface area contributed by atoms with E-state index in [0.717, 1.165) is 58.6 Å². The number of aliphatic imine (C=N–C) groups is 1. The third kappa shape index (κ3) is 20.7. The first kappa shape index (κ1) is 38.2. The Hall–Kier alpha value is -2.92. The summed E-state index contributed by atoms with van der Waals surface area (Å²) in [7, 11) is 0. The van der Waals surface area contributed by atoms with Crippen LogP contribution in [0.2, 0.25) is 0 Å². The van der Waals surface area contributed by atoms with Gasteiger partial charge in [-0.3, -0.25) is 9.98 Å². The quantitative estimate of drug-likeness (QED) is 0.153. The fourth-order valence-electron chi connectivity index (χ4n) is 2.93. The van der Waals surface area contributed by atoms with Crippen molar-refractivity contribution >= 4 is 33.8 Å². The van der Waals surface area contributed by atoms with Gasteiger partial charge in [0.2, 0.25) is 0 Å². The summed E-state index contributed by atoms with van der Waals surface area (Å²) in [6.07, 6.45) is 13.5. The zero-order valence-corrected chi connectivity index (χ0v) is 26.7. The van der Waals surface area contributed by atoms with Crippen LogP contribution in [0.1, 0.15) is 112 Å². The number of pyridine rings is 2. The monoisotopic (exact) mass is 551 g/mol. The largest absolute Gasteiger partial charge is 0.513 e. The summed E-state index contributed by atoms with van der Waals surface area (Å²) in [5.41, 5.74) is 6.03. The van der Waals surface area contributed by atoms with Gasteiger partial charge in [-0.2, -0.15) is 0 Å². The average molecular weight is 552 g/mol. The molecule has 1 unspecified atom stereocenters. The van der Waals surface area contributed by atoms with Crippen molar-refractivity contribution in [2.24, 2.45) is 4.99 Å². The maximum Gasteiger partial charge on any atom is 0.0961 e. The van der Waals surface area contributed by atoms with E-state index in [0.29, 0.717) is 5.76 Å². The molecule has 3 heterocycles. The van der Waals surface area contributed by atoms with Crippen molar-refractivity contribution in [3.63, 3.8) is 0 Å². The van der Waals surface area contributed by atoms with Gasteiger partial charge in [0.15, 0.2) is 0 Å². The van der Waals surface area contributed by atoms with E-state index < -0.39 is 0 Å². The molecule has 0 saturated carbocycles. The van der Waals surface area contributed by atoms with E-state index in [4.69, 9.17) is 10.1 Å². The highest BCUT2D eigenvalue weighted by molar-refractivity contribution is 7.80. The van der Waals surface area contributed by atoms with E-state index >= 15 is 0 Å². The first-order valence-corrected chi connectivity index (χ1v) is 14.5. The first-order chi connectivity index (χ1) is 18.5. The van der Waals surface area contributed by atoms with E-state index in [9.17, 15) is 0 Å². The number of aliphatic hydroxyl groups is 1. The number of unbranched alkanes of at least 4 members (excludes halogenated alkanes) is 3. The molecule has 1 N–H and O–H groups in total. The van der Waals surface area contributed by atoms with Crippen molar-refractivity contribution < 1.29 is 5.11 Å². The Balaban J connectivity index is 0. The predicted octanol–water partition coefficient (Wildman–Crippen LogP) is 11.1. The fraction of sp³-hybridized carbons (Fsp3) is 0.471. The maximum atomic E-state index is 8.66. The number of fused-ring (bicyclic) bond motifs is 1. The second-order valence-corrected chi connectivity index (χ2v) is 10.1. The Bertz CT molecular complexity index is 1070. The van der Waals surface area contributed by atoms with Crippen LogP contribution in [0, 0.1) is 0 Å². The zero-order chi connectivity index (χ0) is 30.2. The number of nitrogens with zero attached hydrogens (tertiary/aromatic N) is 3. The standard InChI is InChI=1S/C16H15N3.C8H16O.C5H10.C3H6S.C2H6/c1-11(2)12-5-3-6-15(18-12)16-9-8-13-14(19-16)7-4-10-17-13;1-3-4-5-6-7-8(2)9;1-4-5(2)3;1-3(2)4;1-2/h3-5,7-10,15H,1,6H2,2H3;9H,2-7H2,1H3;2,4H2,1,3H3;1-2H3;1-2H3. The molecule has 0 bridgehead atoms. The second-order valence-electron chi connectivity index (χ2n) is 9.32. The fourth-order valence-corrected chi connectivity index (χ4v) is 2.93. The van der Waals surface area contributed by atoms with Crippen LogP contribution in [0.15, 0.2) is 84.2 Å². The van der Waals surface area contributed by atoms with E-state index in [-0.39, 0.29) is 6.04 Å². The van der Waals surface area contributed by atoms with Crippen molar-refractivity contribution in [3.05, 3.63) is 85.0 Å². The van der Waals surface area contributed by atoms with Crippen molar-refractivity contribution in [2.75, 3.05) is 0 Å². The van der Waals surface area contributed by atoms with Crippen molar-refractivity contribution in [2.45, 2.75) is 106 Å². The van der Waals surface area contributed by atoms with Crippen LogP contribution in [-0.2, 0) is 0 Å². The molecule has 2 aromatic heterocycles. The average Bonchev–Trinajstić information content (AvgIpc) is 2.92. The number of allylic oxidation sites excluding steroid dienone is 4. The second kappa shape index (κ2) is 24.1. The minimum absolute atomic E-state index is 0.0845. The number of thiocarbonyl (C=S) groups is 1. The van der Waals surface area contributed by atoms with Gasteiger partial charge in [-0.1, -0.05) is 84.0 Å². The normalized spacial score (nSPS) is 12.9. The van der Waals surface area contributed by atoms with Crippen LogP contribution in [0.3, 0.4) is 0 Å². The molecule has 1 aliphatic rings. The molecule has 5 heteroatoms. The van der Waals surface area contributed by atoms with Crippen LogP contribution in [0.25, 0.3) is 11.0 Å². The third-order valence-corrected chi connectivity index (χ3v) is 5.11. The van der Waals surface area contributed by atoms with E-state index in [1.807, 2.05) is 71.9 Å². The Morgan fingerprint density at radius 1 is 0.974 bits per heavy atom. The van der Waals surface area contributed by atoms with E-state index in [1.54, 1.807) is 6.20 Å². The van der Waals surface area contributed by atoms with Gasteiger partial charge in [-0.05, 0) is 87.7 Å². The number of hydrogen-bond acceptors (Lipinski definition) is 5. The van der Waals surface area contributed by atoms with E-state index in [1.165, 1.54) is 24.8 Å². The lowest BCUT2D eigenvalue weighted by molar-refractivity contribution is 0.383. The molecule has 39 heavy (non-hydrogen) atoms. The van der Waals surface area contributed by atoms with Gasteiger partial charge in [0.25, 0.3) is 0 Å². The van der Waals surface area contributed by atoms with Gasteiger partial charge in [-0.15, -0.1) is 6.58 Å². The molecular weight excluding hydrogens is 498 g/mol. The molecule has 216 valence electrons. The lowest BCUT2D eigenvalue weighted by atomic mass is 10.0. The molecule has 0 saturated heterocycles. The first-order valence-electron chi connectivity index (χ1n) is 14.1. The SMILES string of the molecule is C=C(C)C1=NC(c2ccc3ncccc3n2)CC=C1.C=C(C)CC.C=C(O)CCCCCC.CC.CC(C)=S. The number of dihydropyridines is 1. The number of aromatic nitrogens is 2. The minimum atomic E-state index is 0.0845. The Kier molecular flexibility index (Phi) is 23.7. The van der Waals surface area contributed by atoms with Crippen molar-refractivity contribution in [3.8, 4) is 0 Å². The zero-order valence-electron chi connectivity index (χ0n) is 25.9. The Morgan fingerprint density at radius 2 is 1.59 bits per heavy atom. The highest BCUT2D eigenvalue weighted by Gasteiger charge is 2.15. The van der Waals surface area contributed by atoms with Crippen molar-refractivity contribution in [1.82, 2.24) is 9.97 Å². The summed E-state index contributed by atoms with van der Waals surface area (Å²) < 4.78 is 0. The summed E-state index contributed by atoms with van der Waals surface area (Å²) in [4.78, 5) is 14.6. The van der Waals surface area contributed by atoms with Gasteiger partial charge in [0.05, 0.1) is 34.2 Å². The predicted molar refractivity (Wildman–Crippen MR) is 179 cm³/mol. The topological polar surface area (TPSA) is 58.4 Å². The molecule has 1 aliphatic heterocycles. The Morgan fingerprint density at radius 3 is 2.10 bits per heavy atom. The number of aliphatic hydroxyl groups excluding tert-OH is 1. The van der Waals surface area contributed by atoms with Gasteiger partial charge < -0.3 is 5.11 Å². The molecule has 1 atom stereocenters. The minimum Gasteiger partial charge on any atom is -0.513 e. The van der Waals surface area contributed by atoms with Gasteiger partial charge in [0.1, 0.15) is 0 Å².